The number of nitrogens with one attached hydrogen (secondary N) is 1. The first kappa shape index (κ1) is 10.3. The molecule has 0 spiro atoms. The summed E-state index contributed by atoms with van der Waals surface area (Å²) in [5.41, 5.74) is 2.46. The van der Waals surface area contributed by atoms with Crippen LogP contribution in [0.3, 0.4) is 0 Å². The Morgan fingerprint density at radius 3 is 2.88 bits per heavy atom. The molecule has 86 valence electrons. The molecular weight excluding hydrogens is 222 g/mol. The molecule has 1 aliphatic carbocycles. The van der Waals surface area contributed by atoms with Gasteiger partial charge in [0.2, 0.25) is 0 Å². The molecule has 0 saturated heterocycles. The molecule has 4 heteroatoms. The zero-order valence-corrected chi connectivity index (χ0v) is 9.90. The first-order valence-corrected chi connectivity index (χ1v) is 6.68. The summed E-state index contributed by atoms with van der Waals surface area (Å²) < 4.78 is 0. The van der Waals surface area contributed by atoms with Crippen molar-refractivity contribution in [3.63, 3.8) is 0 Å². The Morgan fingerprint density at radius 2 is 2.06 bits per heavy atom. The maximum Gasteiger partial charge on any atom is 0.325 e. The van der Waals surface area contributed by atoms with Gasteiger partial charge in [-0.1, -0.05) is 0 Å². The van der Waals surface area contributed by atoms with Crippen molar-refractivity contribution in [3.8, 4) is 0 Å². The van der Waals surface area contributed by atoms with E-state index >= 15 is 0 Å². The lowest BCUT2D eigenvalue weighted by atomic mass is 9.89. The quantitative estimate of drug-likeness (QED) is 0.784. The number of aliphatic carboxylic acids is 1. The van der Waals surface area contributed by atoms with Gasteiger partial charge in [-0.2, -0.15) is 0 Å². The van der Waals surface area contributed by atoms with Crippen LogP contribution >= 0.6 is 11.3 Å². The van der Waals surface area contributed by atoms with Crippen LogP contribution in [0, 0.1) is 0 Å². The third-order valence-corrected chi connectivity index (χ3v) is 4.89. The van der Waals surface area contributed by atoms with Crippen LogP contribution in [0.15, 0.2) is 0 Å². The summed E-state index contributed by atoms with van der Waals surface area (Å²) >= 11 is 1.86. The van der Waals surface area contributed by atoms with Gasteiger partial charge in [0, 0.05) is 16.3 Å². The van der Waals surface area contributed by atoms with Gasteiger partial charge in [-0.05, 0) is 43.2 Å². The number of thiophene rings is 1. The summed E-state index contributed by atoms with van der Waals surface area (Å²) in [6.07, 6.45) is 5.70. The highest BCUT2D eigenvalue weighted by molar-refractivity contribution is 7.12. The molecule has 1 aromatic heterocycles. The minimum Gasteiger partial charge on any atom is -0.480 e. The van der Waals surface area contributed by atoms with E-state index in [1.807, 2.05) is 11.3 Å². The van der Waals surface area contributed by atoms with E-state index in [4.69, 9.17) is 0 Å². The van der Waals surface area contributed by atoms with Gasteiger partial charge in [0.05, 0.1) is 0 Å². The van der Waals surface area contributed by atoms with Crippen molar-refractivity contribution in [2.24, 2.45) is 0 Å². The highest BCUT2D eigenvalue weighted by Crippen LogP contribution is 2.39. The van der Waals surface area contributed by atoms with E-state index in [0.717, 1.165) is 31.4 Å². The van der Waals surface area contributed by atoms with Crippen LogP contribution < -0.4 is 5.32 Å². The molecule has 0 aromatic carbocycles. The minimum atomic E-state index is -0.730. The molecule has 0 fully saturated rings. The van der Waals surface area contributed by atoms with Crippen LogP contribution in [0.2, 0.25) is 0 Å². The fourth-order valence-electron chi connectivity index (χ4n) is 2.81. The molecule has 1 atom stereocenters. The van der Waals surface area contributed by atoms with Crippen LogP contribution in [0.1, 0.15) is 39.8 Å². The summed E-state index contributed by atoms with van der Waals surface area (Å²) in [5, 5.41) is 12.4. The average Bonchev–Trinajstić information content (AvgIpc) is 2.66. The molecule has 3 nitrogen and oxygen atoms in total. The number of aryl methyl sites for hydroxylation is 1. The van der Waals surface area contributed by atoms with Gasteiger partial charge in [0.25, 0.3) is 0 Å². The number of carboxylic acids is 1. The molecule has 0 bridgehead atoms. The second-order valence-electron chi connectivity index (χ2n) is 4.52. The summed E-state index contributed by atoms with van der Waals surface area (Å²) in [6, 6.07) is -0.457. The number of carbonyl (C=O) groups is 1. The standard InChI is InChI=1S/C12H15NO2S/c14-12(15)11-10-7-3-1-2-4-8(7)16-9(10)5-6-13-11/h11,13H,1-6H2,(H,14,15). The van der Waals surface area contributed by atoms with Gasteiger partial charge in [0.15, 0.2) is 0 Å². The summed E-state index contributed by atoms with van der Waals surface area (Å²) in [5.74, 6) is -0.730. The Hall–Kier alpha value is -0.870. The molecular formula is C12H15NO2S. The first-order valence-electron chi connectivity index (χ1n) is 5.87. The van der Waals surface area contributed by atoms with E-state index in [2.05, 4.69) is 5.32 Å². The number of fused-ring (bicyclic) bond motifs is 3. The second kappa shape index (κ2) is 3.86. The van der Waals surface area contributed by atoms with Crippen LogP contribution in [0.5, 0.6) is 0 Å². The highest BCUT2D eigenvalue weighted by atomic mass is 32.1. The largest absolute Gasteiger partial charge is 0.480 e. The molecule has 16 heavy (non-hydrogen) atoms. The predicted molar refractivity (Wildman–Crippen MR) is 63.0 cm³/mol. The van der Waals surface area contributed by atoms with Crippen LogP contribution in [0.25, 0.3) is 0 Å². The van der Waals surface area contributed by atoms with E-state index in [-0.39, 0.29) is 0 Å². The summed E-state index contributed by atoms with van der Waals surface area (Å²) in [6.45, 7) is 0.795. The van der Waals surface area contributed by atoms with E-state index < -0.39 is 12.0 Å². The van der Waals surface area contributed by atoms with Gasteiger partial charge < -0.3 is 10.4 Å². The maximum absolute atomic E-state index is 11.2. The van der Waals surface area contributed by atoms with Crippen molar-refractivity contribution in [1.29, 1.82) is 0 Å². The summed E-state index contributed by atoms with van der Waals surface area (Å²) in [7, 11) is 0. The molecule has 0 radical (unpaired) electrons. The molecule has 1 aliphatic heterocycles. The molecule has 0 saturated carbocycles. The van der Waals surface area contributed by atoms with Crippen LogP contribution in [-0.2, 0) is 24.1 Å². The van der Waals surface area contributed by atoms with Crippen molar-refractivity contribution in [3.05, 3.63) is 20.9 Å². The minimum absolute atomic E-state index is 0.457. The van der Waals surface area contributed by atoms with Crippen molar-refractivity contribution in [1.82, 2.24) is 5.32 Å². The van der Waals surface area contributed by atoms with Crippen LogP contribution in [0.4, 0.5) is 0 Å². The number of carboxylic acid groups (broad SMARTS) is 1. The third-order valence-electron chi connectivity index (χ3n) is 3.53. The van der Waals surface area contributed by atoms with Crippen molar-refractivity contribution in [2.75, 3.05) is 6.54 Å². The lowest BCUT2D eigenvalue weighted by Gasteiger charge is -2.23. The third kappa shape index (κ3) is 1.48. The number of hydrogen-bond acceptors (Lipinski definition) is 3. The highest BCUT2D eigenvalue weighted by Gasteiger charge is 2.32. The van der Waals surface area contributed by atoms with Crippen molar-refractivity contribution in [2.45, 2.75) is 38.1 Å². The lowest BCUT2D eigenvalue weighted by molar-refractivity contribution is -0.139. The smallest absolute Gasteiger partial charge is 0.325 e. The van der Waals surface area contributed by atoms with Crippen molar-refractivity contribution >= 4 is 17.3 Å². The second-order valence-corrected chi connectivity index (χ2v) is 5.71. The molecule has 2 aliphatic rings. The topological polar surface area (TPSA) is 49.3 Å². The Labute approximate surface area is 98.5 Å². The predicted octanol–water partition coefficient (Wildman–Crippen LogP) is 1.90. The number of rotatable bonds is 1. The van der Waals surface area contributed by atoms with E-state index in [1.54, 1.807) is 0 Å². The lowest BCUT2D eigenvalue weighted by Crippen LogP contribution is -2.35. The Morgan fingerprint density at radius 1 is 1.25 bits per heavy atom. The normalized spacial score (nSPS) is 23.6. The first-order chi connectivity index (χ1) is 7.77. The van der Waals surface area contributed by atoms with Gasteiger partial charge in [-0.25, -0.2) is 0 Å². The zero-order chi connectivity index (χ0) is 11.1. The fraction of sp³-hybridized carbons (Fsp3) is 0.583. The zero-order valence-electron chi connectivity index (χ0n) is 9.08. The monoisotopic (exact) mass is 237 g/mol. The molecule has 2 heterocycles. The maximum atomic E-state index is 11.2. The van der Waals surface area contributed by atoms with Gasteiger partial charge in [-0.15, -0.1) is 11.3 Å². The van der Waals surface area contributed by atoms with Gasteiger partial charge in [-0.3, -0.25) is 4.79 Å². The molecule has 1 aromatic rings. The van der Waals surface area contributed by atoms with Gasteiger partial charge in [0.1, 0.15) is 6.04 Å². The average molecular weight is 237 g/mol. The van der Waals surface area contributed by atoms with E-state index in [1.165, 1.54) is 28.2 Å². The number of hydrogen-bond donors (Lipinski definition) is 2. The SMILES string of the molecule is O=C(O)C1NCCc2sc3c(c21)CCCC3. The molecule has 3 rings (SSSR count). The van der Waals surface area contributed by atoms with Gasteiger partial charge >= 0.3 is 5.97 Å². The van der Waals surface area contributed by atoms with Crippen LogP contribution in [-0.4, -0.2) is 17.6 Å². The Kier molecular flexibility index (Phi) is 2.48. The van der Waals surface area contributed by atoms with E-state index in [9.17, 15) is 9.90 Å². The molecule has 1 unspecified atom stereocenters. The Balaban J connectivity index is 2.11. The molecule has 2 N–H and O–H groups in total. The molecule has 0 amide bonds. The van der Waals surface area contributed by atoms with E-state index in [0.29, 0.717) is 0 Å². The Bertz CT molecular complexity index is 438. The fourth-order valence-corrected chi connectivity index (χ4v) is 4.25. The summed E-state index contributed by atoms with van der Waals surface area (Å²) in [4.78, 5) is 14.0. The van der Waals surface area contributed by atoms with Crippen molar-refractivity contribution < 1.29 is 9.90 Å².